The Hall–Kier alpha value is -4.31. The van der Waals surface area contributed by atoms with Crippen LogP contribution in [0.15, 0.2) is 95.5 Å². The number of aromatic nitrogens is 2. The van der Waals surface area contributed by atoms with Crippen LogP contribution < -0.4 is 4.57 Å². The van der Waals surface area contributed by atoms with Gasteiger partial charge < -0.3 is 4.42 Å². The smallest absolute Gasteiger partial charge is 0.227 e. The predicted molar refractivity (Wildman–Crippen MR) is 171 cm³/mol. The number of rotatable bonds is 3. The van der Waals surface area contributed by atoms with Crippen LogP contribution in [0.4, 0.5) is 0 Å². The van der Waals surface area contributed by atoms with Crippen LogP contribution in [0, 0.1) is 12.8 Å². The highest BCUT2D eigenvalue weighted by atomic mass is 16.3. The molecule has 208 valence electrons. The van der Waals surface area contributed by atoms with E-state index in [-0.39, 0.29) is 12.0 Å². The van der Waals surface area contributed by atoms with Crippen LogP contribution in [-0.4, -0.2) is 16.7 Å². The van der Waals surface area contributed by atoms with E-state index in [2.05, 4.69) is 78.0 Å². The molecular formula is C38H36N3O+. The van der Waals surface area contributed by atoms with Gasteiger partial charge in [0, 0.05) is 40.1 Å². The lowest BCUT2D eigenvalue weighted by atomic mass is 9.79. The Morgan fingerprint density at radius 2 is 1.83 bits per heavy atom. The van der Waals surface area contributed by atoms with Crippen molar-refractivity contribution in [1.82, 2.24) is 4.98 Å². The van der Waals surface area contributed by atoms with E-state index >= 15 is 0 Å². The maximum Gasteiger partial charge on any atom is 0.227 e. The number of benzene rings is 2. The number of pyridine rings is 2. The second-order valence-electron chi connectivity index (χ2n) is 12.4. The summed E-state index contributed by atoms with van der Waals surface area (Å²) in [6, 6.07) is 22.2. The molecule has 3 aliphatic rings. The Labute approximate surface area is 247 Å². The topological polar surface area (TPSA) is 42.3 Å². The number of aliphatic imine (C=N–C) groups is 1. The first-order chi connectivity index (χ1) is 20.6. The number of hydrogen-bond donors (Lipinski definition) is 0. The lowest BCUT2D eigenvalue weighted by molar-refractivity contribution is -0.572. The first kappa shape index (κ1) is 25.4. The molecule has 0 amide bonds. The van der Waals surface area contributed by atoms with Gasteiger partial charge in [0.25, 0.3) is 0 Å². The Morgan fingerprint density at radius 1 is 0.976 bits per heavy atom. The number of hydrogen-bond acceptors (Lipinski definition) is 3. The summed E-state index contributed by atoms with van der Waals surface area (Å²) in [4.78, 5) is 10.0. The van der Waals surface area contributed by atoms with Crippen LogP contribution in [0.2, 0.25) is 0 Å². The van der Waals surface area contributed by atoms with E-state index in [0.717, 1.165) is 58.6 Å². The lowest BCUT2D eigenvalue weighted by Crippen LogP contribution is -2.42. The van der Waals surface area contributed by atoms with Crippen LogP contribution in [0.1, 0.15) is 66.0 Å². The molecule has 0 N–H and O–H groups in total. The third kappa shape index (κ3) is 4.07. The molecule has 2 atom stereocenters. The fourth-order valence-electron chi connectivity index (χ4n) is 7.73. The van der Waals surface area contributed by atoms with Crippen molar-refractivity contribution >= 4 is 33.5 Å². The number of nitrogens with zero attached hydrogens (tertiary/aromatic N) is 3. The molecule has 2 aromatic carbocycles. The molecule has 5 heterocycles. The molecule has 1 saturated carbocycles. The molecule has 3 aromatic heterocycles. The summed E-state index contributed by atoms with van der Waals surface area (Å²) in [5, 5.41) is 2.18. The minimum absolute atomic E-state index is 0.0670. The Balaban J connectivity index is 1.36. The van der Waals surface area contributed by atoms with Gasteiger partial charge in [-0.1, -0.05) is 56.5 Å². The van der Waals surface area contributed by atoms with E-state index < -0.39 is 0 Å². The Bertz CT molecular complexity index is 1940. The van der Waals surface area contributed by atoms with Crippen molar-refractivity contribution in [2.75, 3.05) is 0 Å². The maximum absolute atomic E-state index is 6.35. The normalized spacial score (nSPS) is 20.2. The summed E-state index contributed by atoms with van der Waals surface area (Å²) in [5.41, 5.74) is 12.2. The van der Waals surface area contributed by atoms with Gasteiger partial charge in [-0.25, -0.2) is 4.98 Å². The highest BCUT2D eigenvalue weighted by Gasteiger charge is 2.38. The van der Waals surface area contributed by atoms with Gasteiger partial charge in [-0.3, -0.25) is 4.99 Å². The third-order valence-electron chi connectivity index (χ3n) is 9.86. The number of allylic oxidation sites excluding steroid dienone is 1. The zero-order valence-electron chi connectivity index (χ0n) is 24.3. The lowest BCUT2D eigenvalue weighted by Gasteiger charge is -2.30. The average molecular weight is 551 g/mol. The first-order valence-corrected chi connectivity index (χ1v) is 15.4. The van der Waals surface area contributed by atoms with Crippen LogP contribution in [0.5, 0.6) is 0 Å². The van der Waals surface area contributed by atoms with Crippen LogP contribution in [0.25, 0.3) is 39.0 Å². The SMILES string of the molecule is C=CC1=NC2C(=C)[n+]3ccc(CC4CCCC4)cc3-c3cc4c(cc3CCC2c2ccccc21)oc1nc(C)ccc14. The van der Waals surface area contributed by atoms with Crippen LogP contribution in [-0.2, 0) is 12.8 Å². The molecule has 0 bridgehead atoms. The summed E-state index contributed by atoms with van der Waals surface area (Å²) in [5.74, 6) is 0.998. The van der Waals surface area contributed by atoms with Gasteiger partial charge in [0.05, 0.1) is 11.3 Å². The summed E-state index contributed by atoms with van der Waals surface area (Å²) in [6.45, 7) is 10.9. The minimum atomic E-state index is -0.0670. The zero-order chi connectivity index (χ0) is 28.4. The summed E-state index contributed by atoms with van der Waals surface area (Å²) in [7, 11) is 0. The fourth-order valence-corrected chi connectivity index (χ4v) is 7.73. The molecule has 0 spiro atoms. The molecule has 8 rings (SSSR count). The maximum atomic E-state index is 6.35. The van der Waals surface area contributed by atoms with Gasteiger partial charge in [-0.05, 0) is 85.7 Å². The second-order valence-corrected chi connectivity index (χ2v) is 12.4. The molecular weight excluding hydrogens is 514 g/mol. The summed E-state index contributed by atoms with van der Waals surface area (Å²) in [6.07, 6.45) is 12.6. The number of furan rings is 1. The van der Waals surface area contributed by atoms with Crippen molar-refractivity contribution in [2.24, 2.45) is 10.9 Å². The van der Waals surface area contributed by atoms with Gasteiger partial charge in [-0.15, -0.1) is 0 Å². The summed E-state index contributed by atoms with van der Waals surface area (Å²) >= 11 is 0. The van der Waals surface area contributed by atoms with Gasteiger partial charge in [0.15, 0.2) is 6.20 Å². The zero-order valence-corrected chi connectivity index (χ0v) is 24.3. The van der Waals surface area contributed by atoms with Gasteiger partial charge in [0.2, 0.25) is 17.1 Å². The summed E-state index contributed by atoms with van der Waals surface area (Å²) < 4.78 is 8.66. The van der Waals surface area contributed by atoms with Crippen LogP contribution >= 0.6 is 0 Å². The molecule has 4 nitrogen and oxygen atoms in total. The number of aryl methyl sites for hydroxylation is 2. The van der Waals surface area contributed by atoms with Crippen molar-refractivity contribution in [1.29, 1.82) is 0 Å². The standard InChI is InChI=1S/C38H36N3O/c1-4-34-29-12-8-7-11-28(29)30-16-14-27-21-36-33(31-15-13-23(2)39-38(31)42-36)22-32(27)35-20-26(19-25-9-5-6-10-25)17-18-41(35)24(3)37(30)40-34/h4,7-8,11-13,15,17-18,20-22,25,30,37H,1,3,5-6,9-10,14,16,19H2,2H3/q+1. The molecule has 1 fully saturated rings. The monoisotopic (exact) mass is 550 g/mol. The van der Waals surface area contributed by atoms with Crippen molar-refractivity contribution < 1.29 is 8.98 Å². The molecule has 42 heavy (non-hydrogen) atoms. The second kappa shape index (κ2) is 9.90. The fraction of sp³-hybridized carbons (Fsp3) is 0.289. The molecule has 5 aromatic rings. The van der Waals surface area contributed by atoms with E-state index in [1.54, 1.807) is 0 Å². The van der Waals surface area contributed by atoms with Gasteiger partial charge in [0.1, 0.15) is 11.6 Å². The van der Waals surface area contributed by atoms with Crippen molar-refractivity contribution in [3.63, 3.8) is 0 Å². The van der Waals surface area contributed by atoms with Crippen molar-refractivity contribution in [3.8, 4) is 11.3 Å². The van der Waals surface area contributed by atoms with Crippen LogP contribution in [0.3, 0.4) is 0 Å². The van der Waals surface area contributed by atoms with E-state index in [9.17, 15) is 0 Å². The van der Waals surface area contributed by atoms with Crippen molar-refractivity contribution in [3.05, 3.63) is 114 Å². The highest BCUT2D eigenvalue weighted by Crippen LogP contribution is 2.42. The highest BCUT2D eigenvalue weighted by molar-refractivity contribution is 6.10. The Kier molecular flexibility index (Phi) is 5.99. The minimum Gasteiger partial charge on any atom is -0.438 e. The van der Waals surface area contributed by atoms with E-state index in [4.69, 9.17) is 21.0 Å². The quantitative estimate of drug-likeness (QED) is 0.211. The number of fused-ring (bicyclic) bond motifs is 9. The molecule has 2 aliphatic heterocycles. The molecule has 4 heteroatoms. The van der Waals surface area contributed by atoms with Gasteiger partial charge >= 0.3 is 0 Å². The third-order valence-corrected chi connectivity index (χ3v) is 9.86. The molecule has 0 radical (unpaired) electrons. The van der Waals surface area contributed by atoms with Gasteiger partial charge in [-0.2, -0.15) is 4.57 Å². The van der Waals surface area contributed by atoms with E-state index in [0.29, 0.717) is 5.71 Å². The predicted octanol–water partition coefficient (Wildman–Crippen LogP) is 8.53. The molecule has 1 aliphatic carbocycles. The Morgan fingerprint density at radius 3 is 2.69 bits per heavy atom. The van der Waals surface area contributed by atoms with E-state index in [1.165, 1.54) is 59.2 Å². The molecule has 2 unspecified atom stereocenters. The average Bonchev–Trinajstić information content (AvgIpc) is 3.65. The first-order valence-electron chi connectivity index (χ1n) is 15.4. The molecule has 0 saturated heterocycles. The van der Waals surface area contributed by atoms with E-state index in [1.807, 2.05) is 13.0 Å². The largest absolute Gasteiger partial charge is 0.438 e. The van der Waals surface area contributed by atoms with Crippen molar-refractivity contribution in [2.45, 2.75) is 63.8 Å².